The Labute approximate surface area is 165 Å². The third kappa shape index (κ3) is 4.14. The van der Waals surface area contributed by atoms with Crippen LogP contribution in [0.2, 0.25) is 0 Å². The van der Waals surface area contributed by atoms with Gasteiger partial charge >= 0.3 is 0 Å². The van der Waals surface area contributed by atoms with Crippen LogP contribution in [0.3, 0.4) is 0 Å². The van der Waals surface area contributed by atoms with E-state index in [0.29, 0.717) is 0 Å². The molecule has 0 saturated heterocycles. The molecule has 2 aromatic carbocycles. The number of hydrogen-bond acceptors (Lipinski definition) is 2. The number of fused-ring (bicyclic) bond motifs is 1. The van der Waals surface area contributed by atoms with E-state index in [2.05, 4.69) is 39.8 Å². The van der Waals surface area contributed by atoms with E-state index >= 15 is 0 Å². The molecule has 1 unspecified atom stereocenters. The average Bonchev–Trinajstić information content (AvgIpc) is 2.63. The summed E-state index contributed by atoms with van der Waals surface area (Å²) in [7, 11) is -0.986. The van der Waals surface area contributed by atoms with E-state index < -0.39 is 10.8 Å². The van der Waals surface area contributed by atoms with Crippen molar-refractivity contribution in [1.29, 1.82) is 0 Å². The fourth-order valence-electron chi connectivity index (χ4n) is 3.78. The zero-order chi connectivity index (χ0) is 19.8. The van der Waals surface area contributed by atoms with Crippen molar-refractivity contribution in [2.45, 2.75) is 56.3 Å². The van der Waals surface area contributed by atoms with Crippen LogP contribution in [0.25, 0.3) is 6.08 Å². The minimum atomic E-state index is -0.986. The first-order valence-electron chi connectivity index (χ1n) is 9.41. The number of carbonyl (C=O) groups is 1. The van der Waals surface area contributed by atoms with Crippen LogP contribution in [0, 0.1) is 0 Å². The van der Waals surface area contributed by atoms with E-state index in [4.69, 9.17) is 0 Å². The molecule has 0 N–H and O–H groups in total. The molecule has 0 aromatic heterocycles. The highest BCUT2D eigenvalue weighted by Crippen LogP contribution is 2.45. The molecule has 0 saturated carbocycles. The highest BCUT2D eigenvalue weighted by molar-refractivity contribution is 7.84. The van der Waals surface area contributed by atoms with Crippen molar-refractivity contribution in [3.63, 3.8) is 0 Å². The SMILES string of the molecule is CS(=O)c1ccc(/C=C/C(=O)c2ccc3c(c2)C(C)(C)CCC3(C)C)cc1. The minimum absolute atomic E-state index is 0.0140. The maximum absolute atomic E-state index is 12.7. The summed E-state index contributed by atoms with van der Waals surface area (Å²) in [4.78, 5) is 13.5. The smallest absolute Gasteiger partial charge is 0.185 e. The van der Waals surface area contributed by atoms with Gasteiger partial charge in [-0.05, 0) is 64.6 Å². The van der Waals surface area contributed by atoms with Gasteiger partial charge in [0.1, 0.15) is 0 Å². The van der Waals surface area contributed by atoms with Gasteiger partial charge in [0.15, 0.2) is 5.78 Å². The van der Waals surface area contributed by atoms with Crippen LogP contribution in [-0.4, -0.2) is 16.2 Å². The maximum Gasteiger partial charge on any atom is 0.185 e. The van der Waals surface area contributed by atoms with Crippen LogP contribution in [0.4, 0.5) is 0 Å². The Hall–Kier alpha value is -2.00. The van der Waals surface area contributed by atoms with Gasteiger partial charge in [-0.3, -0.25) is 9.00 Å². The predicted molar refractivity (Wildman–Crippen MR) is 114 cm³/mol. The highest BCUT2D eigenvalue weighted by Gasteiger charge is 2.37. The molecule has 2 nitrogen and oxygen atoms in total. The third-order valence-corrected chi connectivity index (χ3v) is 6.71. The predicted octanol–water partition coefficient (Wildman–Crippen LogP) is 5.67. The van der Waals surface area contributed by atoms with Crippen LogP contribution < -0.4 is 0 Å². The second-order valence-corrected chi connectivity index (χ2v) is 10.1. The topological polar surface area (TPSA) is 34.1 Å². The Morgan fingerprint density at radius 2 is 1.52 bits per heavy atom. The Kier molecular flexibility index (Phi) is 5.27. The molecule has 1 atom stereocenters. The third-order valence-electron chi connectivity index (χ3n) is 5.78. The lowest BCUT2D eigenvalue weighted by atomic mass is 9.63. The molecule has 3 rings (SSSR count). The van der Waals surface area contributed by atoms with E-state index in [0.717, 1.165) is 22.4 Å². The summed E-state index contributed by atoms with van der Waals surface area (Å²) >= 11 is 0. The molecule has 1 aliphatic carbocycles. The summed E-state index contributed by atoms with van der Waals surface area (Å²) in [6.45, 7) is 9.11. The van der Waals surface area contributed by atoms with Crippen LogP contribution in [0.1, 0.15) is 67.6 Å². The number of allylic oxidation sites excluding steroid dienone is 1. The fraction of sp³-hybridized carbons (Fsp3) is 0.375. The summed E-state index contributed by atoms with van der Waals surface area (Å²) in [5.74, 6) is 0.0140. The van der Waals surface area contributed by atoms with E-state index in [1.54, 1.807) is 12.3 Å². The molecule has 142 valence electrons. The first-order valence-corrected chi connectivity index (χ1v) is 11.0. The monoisotopic (exact) mass is 380 g/mol. The molecule has 0 radical (unpaired) electrons. The highest BCUT2D eigenvalue weighted by atomic mass is 32.2. The van der Waals surface area contributed by atoms with E-state index in [1.807, 2.05) is 36.4 Å². The van der Waals surface area contributed by atoms with Crippen LogP contribution in [0.5, 0.6) is 0 Å². The molecule has 1 aliphatic rings. The Morgan fingerprint density at radius 1 is 0.926 bits per heavy atom. The van der Waals surface area contributed by atoms with Crippen molar-refractivity contribution in [1.82, 2.24) is 0 Å². The molecule has 0 heterocycles. The number of rotatable bonds is 4. The zero-order valence-corrected chi connectivity index (χ0v) is 17.7. The van der Waals surface area contributed by atoms with Gasteiger partial charge in [-0.15, -0.1) is 0 Å². The number of carbonyl (C=O) groups excluding carboxylic acids is 1. The van der Waals surface area contributed by atoms with Crippen molar-refractivity contribution in [3.05, 3.63) is 70.8 Å². The van der Waals surface area contributed by atoms with Gasteiger partial charge in [-0.2, -0.15) is 0 Å². The molecule has 27 heavy (non-hydrogen) atoms. The first kappa shape index (κ1) is 19.8. The minimum Gasteiger partial charge on any atom is -0.289 e. The van der Waals surface area contributed by atoms with E-state index in [9.17, 15) is 9.00 Å². The second kappa shape index (κ2) is 7.20. The standard InChI is InChI=1S/C24H28O2S/c1-23(2)14-15-24(3,4)21-16-18(9-12-20(21)23)22(25)13-8-17-6-10-19(11-7-17)27(5)26/h6-13,16H,14-15H2,1-5H3/b13-8+. The summed E-state index contributed by atoms with van der Waals surface area (Å²) in [6, 6.07) is 13.6. The van der Waals surface area contributed by atoms with Crippen LogP contribution in [0.15, 0.2) is 53.4 Å². The summed E-state index contributed by atoms with van der Waals surface area (Å²) < 4.78 is 11.5. The quantitative estimate of drug-likeness (QED) is 0.506. The number of hydrogen-bond donors (Lipinski definition) is 0. The van der Waals surface area contributed by atoms with Crippen molar-refractivity contribution in [2.75, 3.05) is 6.26 Å². The average molecular weight is 381 g/mol. The molecule has 0 spiro atoms. The summed E-state index contributed by atoms with van der Waals surface area (Å²) in [5.41, 5.74) is 4.58. The molecule has 3 heteroatoms. The van der Waals surface area contributed by atoms with E-state index in [1.165, 1.54) is 17.5 Å². The maximum atomic E-state index is 12.7. The molecule has 0 amide bonds. The normalized spacial score (nSPS) is 18.9. The van der Waals surface area contributed by atoms with E-state index in [-0.39, 0.29) is 16.6 Å². The molecule has 2 aromatic rings. The largest absolute Gasteiger partial charge is 0.289 e. The van der Waals surface area contributed by atoms with Crippen molar-refractivity contribution < 1.29 is 9.00 Å². The van der Waals surface area contributed by atoms with Crippen LogP contribution in [-0.2, 0) is 21.6 Å². The van der Waals surface area contributed by atoms with Gasteiger partial charge in [0, 0.05) is 27.5 Å². The molecule has 0 aliphatic heterocycles. The van der Waals surface area contributed by atoms with Gasteiger partial charge in [-0.1, -0.05) is 58.0 Å². The lowest BCUT2D eigenvalue weighted by Crippen LogP contribution is -2.34. The number of benzene rings is 2. The Morgan fingerprint density at radius 3 is 2.11 bits per heavy atom. The zero-order valence-electron chi connectivity index (χ0n) is 16.8. The number of ketones is 1. The fourth-order valence-corrected chi connectivity index (χ4v) is 4.30. The Bertz CT molecular complexity index is 918. The van der Waals surface area contributed by atoms with Crippen molar-refractivity contribution in [3.8, 4) is 0 Å². The Balaban J connectivity index is 1.86. The van der Waals surface area contributed by atoms with Crippen molar-refractivity contribution in [2.24, 2.45) is 0 Å². The molecule has 0 bridgehead atoms. The first-order chi connectivity index (χ1) is 12.6. The van der Waals surface area contributed by atoms with Gasteiger partial charge in [0.05, 0.1) is 0 Å². The second-order valence-electron chi connectivity index (χ2n) is 8.75. The summed E-state index contributed by atoms with van der Waals surface area (Å²) in [6.07, 6.45) is 7.40. The van der Waals surface area contributed by atoms with Gasteiger partial charge in [0.2, 0.25) is 0 Å². The lowest BCUT2D eigenvalue weighted by Gasteiger charge is -2.42. The van der Waals surface area contributed by atoms with Crippen LogP contribution >= 0.6 is 0 Å². The van der Waals surface area contributed by atoms with Gasteiger partial charge in [0.25, 0.3) is 0 Å². The van der Waals surface area contributed by atoms with Gasteiger partial charge in [-0.25, -0.2) is 0 Å². The molecular formula is C24H28O2S. The summed E-state index contributed by atoms with van der Waals surface area (Å²) in [5, 5.41) is 0. The molecular weight excluding hydrogens is 352 g/mol. The lowest BCUT2D eigenvalue weighted by molar-refractivity contribution is 0.104. The van der Waals surface area contributed by atoms with Crippen molar-refractivity contribution >= 4 is 22.7 Å². The van der Waals surface area contributed by atoms with Gasteiger partial charge < -0.3 is 0 Å². The molecule has 0 fully saturated rings.